The van der Waals surface area contributed by atoms with Crippen molar-refractivity contribution in [2.45, 2.75) is 19.1 Å². The first-order valence-corrected chi connectivity index (χ1v) is 5.33. The summed E-state index contributed by atoms with van der Waals surface area (Å²) in [5, 5.41) is 2.62. The third kappa shape index (κ3) is 2.95. The van der Waals surface area contributed by atoms with Gasteiger partial charge < -0.3 is 10.1 Å². The number of carbonyl (C=O) groups is 1. The first-order valence-electron chi connectivity index (χ1n) is 5.33. The third-order valence-electron chi connectivity index (χ3n) is 2.64. The predicted molar refractivity (Wildman–Crippen MR) is 57.6 cm³/mol. The van der Waals surface area contributed by atoms with Gasteiger partial charge in [0.15, 0.2) is 0 Å². The second kappa shape index (κ2) is 4.96. The van der Waals surface area contributed by atoms with Crippen LogP contribution in [0.5, 0.6) is 0 Å². The second-order valence-electron chi connectivity index (χ2n) is 3.96. The summed E-state index contributed by atoms with van der Waals surface area (Å²) in [6, 6.07) is 9.41. The molecule has 1 N–H and O–H groups in total. The molecule has 3 nitrogen and oxygen atoms in total. The number of halogens is 1. The van der Waals surface area contributed by atoms with Crippen LogP contribution in [0.4, 0.5) is 9.18 Å². The highest BCUT2D eigenvalue weighted by Gasteiger charge is 2.38. The summed E-state index contributed by atoms with van der Waals surface area (Å²) in [7, 11) is 0. The van der Waals surface area contributed by atoms with Gasteiger partial charge in [0.25, 0.3) is 0 Å². The largest absolute Gasteiger partial charge is 0.445 e. The first-order chi connectivity index (χ1) is 7.79. The summed E-state index contributed by atoms with van der Waals surface area (Å²) >= 11 is 0. The van der Waals surface area contributed by atoms with E-state index in [-0.39, 0.29) is 25.2 Å². The zero-order chi connectivity index (χ0) is 11.4. The van der Waals surface area contributed by atoms with Crippen molar-refractivity contribution in [3.05, 3.63) is 35.9 Å². The van der Waals surface area contributed by atoms with E-state index >= 15 is 0 Å². The normalized spacial score (nSPS) is 22.6. The Morgan fingerprint density at radius 3 is 2.81 bits per heavy atom. The maximum Gasteiger partial charge on any atom is 0.407 e. The Labute approximate surface area is 93.6 Å². The lowest BCUT2D eigenvalue weighted by molar-refractivity contribution is 0.138. The molecule has 1 fully saturated rings. The van der Waals surface area contributed by atoms with E-state index in [2.05, 4.69) is 5.32 Å². The molecule has 0 saturated heterocycles. The highest BCUT2D eigenvalue weighted by Crippen LogP contribution is 2.30. The molecule has 1 amide bonds. The number of hydrogen-bond acceptors (Lipinski definition) is 2. The van der Waals surface area contributed by atoms with Crippen molar-refractivity contribution >= 4 is 6.09 Å². The maximum atomic E-state index is 12.1. The summed E-state index contributed by atoms with van der Waals surface area (Å²) < 4.78 is 17.1. The van der Waals surface area contributed by atoms with Crippen molar-refractivity contribution in [3.8, 4) is 0 Å². The van der Waals surface area contributed by atoms with Crippen LogP contribution in [0.15, 0.2) is 30.3 Å². The SMILES string of the molecule is O=C(N[C@H]1C[C@H]1CF)OCc1ccccc1. The molecule has 1 aromatic carbocycles. The molecular weight excluding hydrogens is 209 g/mol. The van der Waals surface area contributed by atoms with Crippen LogP contribution in [-0.4, -0.2) is 18.8 Å². The molecule has 16 heavy (non-hydrogen) atoms. The Morgan fingerprint density at radius 1 is 1.44 bits per heavy atom. The predicted octanol–water partition coefficient (Wildman–Crippen LogP) is 2.27. The highest BCUT2D eigenvalue weighted by molar-refractivity contribution is 5.68. The van der Waals surface area contributed by atoms with Crippen LogP contribution >= 0.6 is 0 Å². The molecule has 0 spiro atoms. The van der Waals surface area contributed by atoms with Crippen LogP contribution in [0.2, 0.25) is 0 Å². The number of ether oxygens (including phenoxy) is 1. The molecule has 2 atom stereocenters. The van der Waals surface area contributed by atoms with Crippen LogP contribution in [0, 0.1) is 5.92 Å². The molecular formula is C12H14FNO2. The Balaban J connectivity index is 1.69. The van der Waals surface area contributed by atoms with Crippen molar-refractivity contribution in [1.82, 2.24) is 5.32 Å². The topological polar surface area (TPSA) is 38.3 Å². The molecule has 1 aliphatic carbocycles. The van der Waals surface area contributed by atoms with Gasteiger partial charge in [0.1, 0.15) is 6.61 Å². The van der Waals surface area contributed by atoms with Crippen LogP contribution < -0.4 is 5.32 Å². The molecule has 1 aliphatic rings. The second-order valence-corrected chi connectivity index (χ2v) is 3.96. The molecule has 1 aromatic rings. The van der Waals surface area contributed by atoms with E-state index in [1.54, 1.807) is 0 Å². The lowest BCUT2D eigenvalue weighted by Crippen LogP contribution is -2.27. The molecule has 86 valence electrons. The zero-order valence-corrected chi connectivity index (χ0v) is 8.86. The summed E-state index contributed by atoms with van der Waals surface area (Å²) in [4.78, 5) is 11.3. The fraction of sp³-hybridized carbons (Fsp3) is 0.417. The minimum atomic E-state index is -0.468. The molecule has 0 unspecified atom stereocenters. The molecule has 2 rings (SSSR count). The van der Waals surface area contributed by atoms with Gasteiger partial charge in [0.2, 0.25) is 0 Å². The Bertz CT molecular complexity index is 355. The molecule has 4 heteroatoms. The van der Waals surface area contributed by atoms with E-state index in [0.29, 0.717) is 0 Å². The minimum Gasteiger partial charge on any atom is -0.445 e. The number of alkyl halides is 1. The first kappa shape index (κ1) is 10.9. The average Bonchev–Trinajstić information content (AvgIpc) is 3.06. The smallest absolute Gasteiger partial charge is 0.407 e. The van der Waals surface area contributed by atoms with E-state index in [1.807, 2.05) is 30.3 Å². The number of amides is 1. The summed E-state index contributed by atoms with van der Waals surface area (Å²) in [5.74, 6) is -0.00993. The molecule has 0 radical (unpaired) electrons. The van der Waals surface area contributed by atoms with Gasteiger partial charge in [0, 0.05) is 12.0 Å². The van der Waals surface area contributed by atoms with Gasteiger partial charge in [-0.05, 0) is 12.0 Å². The fourth-order valence-corrected chi connectivity index (χ4v) is 1.51. The summed E-state index contributed by atoms with van der Waals surface area (Å²) in [6.07, 6.45) is 0.251. The number of hydrogen-bond donors (Lipinski definition) is 1. The number of nitrogens with one attached hydrogen (secondary N) is 1. The van der Waals surface area contributed by atoms with Crippen molar-refractivity contribution in [2.24, 2.45) is 5.92 Å². The van der Waals surface area contributed by atoms with E-state index in [4.69, 9.17) is 4.74 Å². The Morgan fingerprint density at radius 2 is 2.19 bits per heavy atom. The van der Waals surface area contributed by atoms with Crippen LogP contribution in [0.1, 0.15) is 12.0 Å². The molecule has 0 bridgehead atoms. The van der Waals surface area contributed by atoms with Crippen LogP contribution in [0.3, 0.4) is 0 Å². The van der Waals surface area contributed by atoms with Gasteiger partial charge in [0.05, 0.1) is 6.67 Å². The van der Waals surface area contributed by atoms with Gasteiger partial charge >= 0.3 is 6.09 Å². The van der Waals surface area contributed by atoms with Gasteiger partial charge in [-0.1, -0.05) is 30.3 Å². The number of benzene rings is 1. The van der Waals surface area contributed by atoms with Crippen molar-refractivity contribution in [2.75, 3.05) is 6.67 Å². The van der Waals surface area contributed by atoms with Crippen molar-refractivity contribution in [1.29, 1.82) is 0 Å². The molecule has 0 aliphatic heterocycles. The van der Waals surface area contributed by atoms with E-state index in [0.717, 1.165) is 12.0 Å². The minimum absolute atomic E-state index is 0.00993. The summed E-state index contributed by atoms with van der Waals surface area (Å²) in [6.45, 7) is -0.122. The highest BCUT2D eigenvalue weighted by atomic mass is 19.1. The van der Waals surface area contributed by atoms with Crippen LogP contribution in [0.25, 0.3) is 0 Å². The zero-order valence-electron chi connectivity index (χ0n) is 8.86. The molecule has 0 heterocycles. The van der Waals surface area contributed by atoms with Crippen molar-refractivity contribution < 1.29 is 13.9 Å². The maximum absolute atomic E-state index is 12.1. The van der Waals surface area contributed by atoms with Gasteiger partial charge in [-0.25, -0.2) is 4.79 Å². The number of alkyl carbamates (subject to hydrolysis) is 1. The molecule has 0 aromatic heterocycles. The van der Waals surface area contributed by atoms with E-state index < -0.39 is 6.09 Å². The van der Waals surface area contributed by atoms with Crippen LogP contribution in [-0.2, 0) is 11.3 Å². The fourth-order valence-electron chi connectivity index (χ4n) is 1.51. The average molecular weight is 223 g/mol. The molecule has 1 saturated carbocycles. The van der Waals surface area contributed by atoms with E-state index in [9.17, 15) is 9.18 Å². The van der Waals surface area contributed by atoms with Gasteiger partial charge in [-0.3, -0.25) is 4.39 Å². The lowest BCUT2D eigenvalue weighted by Gasteiger charge is -2.06. The third-order valence-corrected chi connectivity index (χ3v) is 2.64. The quantitative estimate of drug-likeness (QED) is 0.850. The number of rotatable bonds is 4. The standard InChI is InChI=1S/C12H14FNO2/c13-7-10-6-11(10)14-12(15)16-8-9-4-2-1-3-5-9/h1-5,10-11H,6-8H2,(H,14,15)/t10-,11-/m0/s1. The lowest BCUT2D eigenvalue weighted by atomic mass is 10.2. The number of carbonyl (C=O) groups excluding carboxylic acids is 1. The monoisotopic (exact) mass is 223 g/mol. The van der Waals surface area contributed by atoms with E-state index in [1.165, 1.54) is 0 Å². The Kier molecular flexibility index (Phi) is 3.39. The van der Waals surface area contributed by atoms with Gasteiger partial charge in [-0.2, -0.15) is 0 Å². The summed E-state index contributed by atoms with van der Waals surface area (Å²) in [5.41, 5.74) is 0.940. The Hall–Kier alpha value is -1.58. The van der Waals surface area contributed by atoms with Crippen molar-refractivity contribution in [3.63, 3.8) is 0 Å². The van der Waals surface area contributed by atoms with Gasteiger partial charge in [-0.15, -0.1) is 0 Å².